The van der Waals surface area contributed by atoms with Gasteiger partial charge in [0.2, 0.25) is 5.69 Å². The van der Waals surface area contributed by atoms with Crippen LogP contribution >= 0.6 is 17.1 Å². The highest BCUT2D eigenvalue weighted by molar-refractivity contribution is 8.67. The molecule has 1 rings (SSSR count). The molecule has 0 aliphatic carbocycles. The second-order valence-corrected chi connectivity index (χ2v) is 8.48. The zero-order valence-electron chi connectivity index (χ0n) is 6.62. The summed E-state index contributed by atoms with van der Waals surface area (Å²) in [7, 11) is 0. The quantitative estimate of drug-likeness (QED) is 0.699. The Hall–Kier alpha value is -0.0600. The first kappa shape index (κ1) is 11.0. The van der Waals surface area contributed by atoms with E-state index in [4.69, 9.17) is 14.9 Å². The van der Waals surface area contributed by atoms with Crippen LogP contribution in [0.25, 0.3) is 0 Å². The predicted molar refractivity (Wildman–Crippen MR) is 58.1 cm³/mol. The molecule has 6 heteroatoms. The van der Waals surface area contributed by atoms with Gasteiger partial charge in [0.25, 0.3) is 0 Å². The fraction of sp³-hybridized carbons (Fsp3) is 0.143. The van der Waals surface area contributed by atoms with Gasteiger partial charge >= 0.3 is 0 Å². The minimum Gasteiger partial charge on any atom is -0.508 e. The maximum Gasteiger partial charge on any atom is 0.242 e. The van der Waals surface area contributed by atoms with Crippen LogP contribution in [0.2, 0.25) is 0 Å². The summed E-state index contributed by atoms with van der Waals surface area (Å²) in [6, 6.07) is 6.53. The molecule has 0 spiro atoms. The summed E-state index contributed by atoms with van der Waals surface area (Å²) in [5.41, 5.74) is -2.25. The molecule has 0 unspecified atom stereocenters. The molecule has 0 atom stereocenters. The van der Waals surface area contributed by atoms with E-state index in [1.807, 2.05) is 0 Å². The molecule has 72 valence electrons. The summed E-state index contributed by atoms with van der Waals surface area (Å²) in [5, 5.41) is 8.97. The fourth-order valence-corrected chi connectivity index (χ4v) is 2.69. The molecule has 0 saturated carbocycles. The molecule has 0 saturated heterocycles. The largest absolute Gasteiger partial charge is 0.508 e. The number of hydrogen-bond acceptors (Lipinski definition) is 3. The standard InChI is InChI=1S/C7H9O3PS2/c8-7-3-1-6(2-4-7)5-13-11(9,10)12/h1-4,8H,5H2,(H2,9,10,12). The van der Waals surface area contributed by atoms with Gasteiger partial charge in [0.1, 0.15) is 5.75 Å². The van der Waals surface area contributed by atoms with Crippen molar-refractivity contribution in [3.63, 3.8) is 0 Å². The van der Waals surface area contributed by atoms with Gasteiger partial charge in [-0.3, -0.25) is 0 Å². The number of hydrogen-bond donors (Lipinski definition) is 3. The highest BCUT2D eigenvalue weighted by Gasteiger charge is 2.07. The van der Waals surface area contributed by atoms with Crippen molar-refractivity contribution >= 4 is 28.9 Å². The van der Waals surface area contributed by atoms with E-state index in [0.29, 0.717) is 5.75 Å². The van der Waals surface area contributed by atoms with E-state index >= 15 is 0 Å². The van der Waals surface area contributed by atoms with Gasteiger partial charge in [-0.25, -0.2) is 0 Å². The van der Waals surface area contributed by atoms with Gasteiger partial charge in [0.05, 0.1) is 0 Å². The second-order valence-electron chi connectivity index (χ2n) is 2.43. The summed E-state index contributed by atoms with van der Waals surface area (Å²) in [6.45, 7) is 0. The lowest BCUT2D eigenvalue weighted by molar-refractivity contribution is 0.475. The average Bonchev–Trinajstić information content (AvgIpc) is 2.02. The number of aromatic hydroxyl groups is 1. The first-order valence-corrected chi connectivity index (χ1v) is 7.75. The number of rotatable bonds is 3. The van der Waals surface area contributed by atoms with Gasteiger partial charge in [-0.1, -0.05) is 23.5 Å². The van der Waals surface area contributed by atoms with E-state index in [1.54, 1.807) is 24.3 Å². The smallest absolute Gasteiger partial charge is 0.242 e. The second kappa shape index (κ2) is 4.44. The lowest BCUT2D eigenvalue weighted by Gasteiger charge is -2.05. The van der Waals surface area contributed by atoms with E-state index in [9.17, 15) is 0 Å². The molecule has 0 radical (unpaired) electrons. The van der Waals surface area contributed by atoms with Crippen LogP contribution in [-0.2, 0) is 17.6 Å². The van der Waals surface area contributed by atoms with E-state index in [2.05, 4.69) is 11.8 Å². The Bertz CT molecular complexity index is 319. The maximum atomic E-state index is 8.97. The first-order chi connectivity index (χ1) is 5.97. The van der Waals surface area contributed by atoms with Gasteiger partial charge < -0.3 is 14.9 Å². The Morgan fingerprint density at radius 2 is 1.77 bits per heavy atom. The highest BCUT2D eigenvalue weighted by atomic mass is 32.9. The third kappa shape index (κ3) is 4.64. The van der Waals surface area contributed by atoms with Crippen LogP contribution in [0.1, 0.15) is 5.56 Å². The minimum absolute atomic E-state index is 0.196. The average molecular weight is 236 g/mol. The Kier molecular flexibility index (Phi) is 3.76. The van der Waals surface area contributed by atoms with Crippen LogP contribution in [0, 0.1) is 0 Å². The van der Waals surface area contributed by atoms with Crippen molar-refractivity contribution in [3.05, 3.63) is 29.8 Å². The molecule has 0 aliphatic rings. The van der Waals surface area contributed by atoms with Gasteiger partial charge in [-0.05, 0) is 29.5 Å². The van der Waals surface area contributed by atoms with Crippen molar-refractivity contribution in [3.8, 4) is 5.75 Å². The molecule has 0 amide bonds. The van der Waals surface area contributed by atoms with Crippen molar-refractivity contribution in [2.24, 2.45) is 0 Å². The van der Waals surface area contributed by atoms with Crippen molar-refractivity contribution in [1.82, 2.24) is 0 Å². The van der Waals surface area contributed by atoms with Crippen molar-refractivity contribution in [2.45, 2.75) is 5.75 Å². The SMILES string of the molecule is Oc1ccc(CSP(O)(O)=S)cc1. The predicted octanol–water partition coefficient (Wildman–Crippen LogP) is 1.83. The van der Waals surface area contributed by atoms with E-state index in [-0.39, 0.29) is 5.75 Å². The zero-order chi connectivity index (χ0) is 9.90. The Morgan fingerprint density at radius 3 is 2.23 bits per heavy atom. The molecule has 0 aromatic heterocycles. The van der Waals surface area contributed by atoms with Gasteiger partial charge in [-0.2, -0.15) is 0 Å². The Labute approximate surface area is 85.3 Å². The molecule has 3 N–H and O–H groups in total. The van der Waals surface area contributed by atoms with Crippen molar-refractivity contribution < 1.29 is 14.9 Å². The lowest BCUT2D eigenvalue weighted by Crippen LogP contribution is -1.79. The number of phenolic OH excluding ortho intramolecular Hbond substituents is 1. The lowest BCUT2D eigenvalue weighted by atomic mass is 10.2. The normalized spacial score (nSPS) is 11.5. The van der Waals surface area contributed by atoms with Gasteiger partial charge in [0.15, 0.2) is 0 Å². The van der Waals surface area contributed by atoms with Crippen LogP contribution in [0.15, 0.2) is 24.3 Å². The van der Waals surface area contributed by atoms with E-state index in [0.717, 1.165) is 16.9 Å². The summed E-state index contributed by atoms with van der Waals surface area (Å²) >= 11 is 5.39. The number of phenols is 1. The molecular formula is C7H9O3PS2. The monoisotopic (exact) mass is 236 g/mol. The van der Waals surface area contributed by atoms with Gasteiger partial charge in [0, 0.05) is 5.75 Å². The van der Waals surface area contributed by atoms with Crippen LogP contribution in [0.5, 0.6) is 5.75 Å². The van der Waals surface area contributed by atoms with E-state index < -0.39 is 5.69 Å². The molecule has 3 nitrogen and oxygen atoms in total. The first-order valence-electron chi connectivity index (χ1n) is 3.45. The zero-order valence-corrected chi connectivity index (χ0v) is 9.15. The van der Waals surface area contributed by atoms with Crippen molar-refractivity contribution in [2.75, 3.05) is 0 Å². The summed E-state index contributed by atoms with van der Waals surface area (Å²) in [4.78, 5) is 17.9. The molecule has 0 bridgehead atoms. The summed E-state index contributed by atoms with van der Waals surface area (Å²) in [6.07, 6.45) is 0. The molecule has 0 aliphatic heterocycles. The fourth-order valence-electron chi connectivity index (χ4n) is 0.751. The third-order valence-electron chi connectivity index (χ3n) is 1.34. The molecule has 13 heavy (non-hydrogen) atoms. The molecule has 0 fully saturated rings. The molecule has 1 aromatic carbocycles. The van der Waals surface area contributed by atoms with Crippen LogP contribution in [0.4, 0.5) is 0 Å². The van der Waals surface area contributed by atoms with Crippen LogP contribution < -0.4 is 0 Å². The van der Waals surface area contributed by atoms with Crippen LogP contribution in [0.3, 0.4) is 0 Å². The maximum absolute atomic E-state index is 8.97. The molecule has 0 heterocycles. The topological polar surface area (TPSA) is 60.7 Å². The van der Waals surface area contributed by atoms with Crippen LogP contribution in [-0.4, -0.2) is 14.9 Å². The minimum atomic E-state index is -3.16. The highest BCUT2D eigenvalue weighted by Crippen LogP contribution is 2.52. The molecule has 1 aromatic rings. The number of benzene rings is 1. The summed E-state index contributed by atoms with van der Waals surface area (Å²) < 4.78 is 0. The van der Waals surface area contributed by atoms with Gasteiger partial charge in [-0.15, -0.1) is 0 Å². The van der Waals surface area contributed by atoms with Crippen molar-refractivity contribution in [1.29, 1.82) is 0 Å². The Balaban J connectivity index is 2.56. The van der Waals surface area contributed by atoms with E-state index in [1.165, 1.54) is 0 Å². The Morgan fingerprint density at radius 1 is 1.23 bits per heavy atom. The molecular weight excluding hydrogens is 227 g/mol. The summed E-state index contributed by atoms with van der Waals surface area (Å²) in [5.74, 6) is 0.645. The third-order valence-corrected chi connectivity index (χ3v) is 4.48.